The molecule has 54 heavy (non-hydrogen) atoms. The van der Waals surface area contributed by atoms with Gasteiger partial charge in [0.25, 0.3) is 0 Å². The van der Waals surface area contributed by atoms with Crippen molar-refractivity contribution in [2.24, 2.45) is 22.9 Å². The van der Waals surface area contributed by atoms with Crippen LogP contribution in [0.2, 0.25) is 0 Å². The molecule has 24 nitrogen and oxygen atoms in total. The van der Waals surface area contributed by atoms with Crippen LogP contribution >= 0.6 is 50.5 Å². The van der Waals surface area contributed by atoms with Gasteiger partial charge in [-0.3, -0.25) is 47.9 Å². The molecular formula is C26H48N8O16S4. The molecule has 0 aliphatic heterocycles. The maximum atomic E-state index is 11.5. The average Bonchev–Trinajstić information content (AvgIpc) is 3.11. The topological polar surface area (TPSA) is 444 Å². The number of amides is 4. The van der Waals surface area contributed by atoms with Gasteiger partial charge in [-0.15, -0.1) is 0 Å². The molecule has 0 aliphatic rings. The lowest BCUT2D eigenvalue weighted by atomic mass is 10.1. The van der Waals surface area contributed by atoms with Crippen LogP contribution in [-0.2, 0) is 47.9 Å². The Balaban J connectivity index is -0.000000343. The number of carbonyl (C=O) groups is 10. The second-order valence-corrected chi connectivity index (χ2v) is 11.5. The average molecular weight is 857 g/mol. The molecule has 0 aromatic heterocycles. The summed E-state index contributed by atoms with van der Waals surface area (Å²) in [7, 11) is 0. The van der Waals surface area contributed by atoms with E-state index in [4.69, 9.17) is 53.6 Å². The van der Waals surface area contributed by atoms with Crippen molar-refractivity contribution in [2.75, 3.05) is 36.1 Å². The number of aliphatic carboxylic acids is 6. The minimum Gasteiger partial charge on any atom is -0.480 e. The molecule has 4 amide bonds. The van der Waals surface area contributed by atoms with Gasteiger partial charge in [0, 0.05) is 35.9 Å². The Morgan fingerprint density at radius 1 is 0.444 bits per heavy atom. The third kappa shape index (κ3) is 33.8. The maximum absolute atomic E-state index is 11.5. The Kier molecular flexibility index (Phi) is 35.2. The highest BCUT2D eigenvalue weighted by Gasteiger charge is 2.22. The smallest absolute Gasteiger partial charge is 0.322 e. The summed E-state index contributed by atoms with van der Waals surface area (Å²) in [6.45, 7) is -1.13. The first-order valence-electron chi connectivity index (χ1n) is 14.9. The van der Waals surface area contributed by atoms with Crippen LogP contribution < -0.4 is 44.2 Å². The Morgan fingerprint density at radius 3 is 0.870 bits per heavy atom. The zero-order valence-electron chi connectivity index (χ0n) is 28.4. The second kappa shape index (κ2) is 33.5. The first-order chi connectivity index (χ1) is 24.9. The van der Waals surface area contributed by atoms with Crippen molar-refractivity contribution >= 4 is 110 Å². The van der Waals surface area contributed by atoms with Gasteiger partial charge in [-0.25, -0.2) is 0 Å². The summed E-state index contributed by atoms with van der Waals surface area (Å²) in [5.74, 6) is -9.04. The first kappa shape index (κ1) is 56.7. The third-order valence-electron chi connectivity index (χ3n) is 5.52. The number of nitrogens with two attached hydrogens (primary N) is 4. The van der Waals surface area contributed by atoms with Gasteiger partial charge in [0.1, 0.15) is 49.3 Å². The van der Waals surface area contributed by atoms with Gasteiger partial charge >= 0.3 is 35.8 Å². The second-order valence-electron chi connectivity index (χ2n) is 10.0. The highest BCUT2D eigenvalue weighted by molar-refractivity contribution is 7.80. The van der Waals surface area contributed by atoms with Gasteiger partial charge < -0.3 is 74.8 Å². The highest BCUT2D eigenvalue weighted by Crippen LogP contribution is 1.98. The predicted octanol–water partition coefficient (Wildman–Crippen LogP) is -5.76. The summed E-state index contributed by atoms with van der Waals surface area (Å²) in [5.41, 5.74) is 20.3. The van der Waals surface area contributed by atoms with Gasteiger partial charge in [0.15, 0.2) is 0 Å². The quantitative estimate of drug-likeness (QED) is 0.0451. The summed E-state index contributed by atoms with van der Waals surface area (Å²) in [4.78, 5) is 107. The van der Waals surface area contributed by atoms with Gasteiger partial charge in [0.05, 0.1) is 0 Å². The molecular weight excluding hydrogens is 809 g/mol. The van der Waals surface area contributed by atoms with Crippen molar-refractivity contribution in [3.8, 4) is 0 Å². The van der Waals surface area contributed by atoms with E-state index < -0.39 is 109 Å². The molecule has 28 heteroatoms. The van der Waals surface area contributed by atoms with E-state index in [1.54, 1.807) is 0 Å². The van der Waals surface area contributed by atoms with E-state index in [9.17, 15) is 47.9 Å². The number of carboxylic acids is 6. The van der Waals surface area contributed by atoms with Crippen LogP contribution in [0.15, 0.2) is 0 Å². The predicted molar refractivity (Wildman–Crippen MR) is 201 cm³/mol. The van der Waals surface area contributed by atoms with Crippen molar-refractivity contribution in [1.82, 2.24) is 21.3 Å². The molecule has 0 fully saturated rings. The zero-order chi connectivity index (χ0) is 43.1. The monoisotopic (exact) mass is 856 g/mol. The van der Waals surface area contributed by atoms with E-state index >= 15 is 0 Å². The van der Waals surface area contributed by atoms with Crippen molar-refractivity contribution < 1.29 is 78.6 Å². The molecule has 6 atom stereocenters. The van der Waals surface area contributed by atoms with Crippen LogP contribution in [0.5, 0.6) is 0 Å². The van der Waals surface area contributed by atoms with Crippen LogP contribution in [0.3, 0.4) is 0 Å². The van der Waals surface area contributed by atoms with E-state index in [0.717, 1.165) is 0 Å². The van der Waals surface area contributed by atoms with Crippen LogP contribution in [0.4, 0.5) is 0 Å². The van der Waals surface area contributed by atoms with Gasteiger partial charge in [-0.2, -0.15) is 50.5 Å². The van der Waals surface area contributed by atoms with Crippen molar-refractivity contribution in [1.29, 1.82) is 0 Å². The Labute approximate surface area is 329 Å². The molecule has 0 bridgehead atoms. The number of rotatable bonds is 22. The van der Waals surface area contributed by atoms with Gasteiger partial charge in [0.2, 0.25) is 23.6 Å². The van der Waals surface area contributed by atoms with Gasteiger partial charge in [-0.1, -0.05) is 0 Å². The number of carboxylic acid groups (broad SMARTS) is 6. The van der Waals surface area contributed by atoms with Crippen molar-refractivity contribution in [3.63, 3.8) is 0 Å². The molecule has 0 rings (SSSR count). The summed E-state index contributed by atoms with van der Waals surface area (Å²) in [6.07, 6.45) is -0.470. The first-order valence-corrected chi connectivity index (χ1v) is 17.4. The fraction of sp³-hybridized carbons (Fsp3) is 0.615. The molecule has 0 aromatic carbocycles. The van der Waals surface area contributed by atoms with E-state index in [0.29, 0.717) is 0 Å². The van der Waals surface area contributed by atoms with E-state index in [-0.39, 0.29) is 48.7 Å². The minimum atomic E-state index is -1.22. The molecule has 18 N–H and O–H groups in total. The zero-order valence-corrected chi connectivity index (χ0v) is 32.0. The lowest BCUT2D eigenvalue weighted by Crippen LogP contribution is -2.49. The molecule has 0 aliphatic carbocycles. The normalized spacial score (nSPS) is 13.2. The molecule has 0 spiro atoms. The van der Waals surface area contributed by atoms with E-state index in [2.05, 4.69) is 71.8 Å². The SMILES string of the molecule is N[C@@H](CCC(=O)N[C@@H](CS)C(=O)NCC(=O)O)C(=O)O.N[C@@H](CCC(=O)N[C@@H](CS)C(=O)NCC(=O)O)C(=O)O.N[C@@H](CS)C(=O)O.N[C@@H](CS)C(=O)O. The van der Waals surface area contributed by atoms with Crippen LogP contribution in [0, 0.1) is 0 Å². The Bertz CT molecular complexity index is 1160. The van der Waals surface area contributed by atoms with E-state index in [1.807, 2.05) is 0 Å². The summed E-state index contributed by atoms with van der Waals surface area (Å²) in [6, 6.07) is -5.93. The summed E-state index contributed by atoms with van der Waals surface area (Å²) < 4.78 is 0. The molecule has 0 saturated carbocycles. The third-order valence-corrected chi connectivity index (χ3v) is 7.04. The fourth-order valence-electron chi connectivity index (χ4n) is 2.47. The molecule has 0 unspecified atom stereocenters. The molecule has 0 heterocycles. The lowest BCUT2D eigenvalue weighted by Gasteiger charge is -2.16. The lowest BCUT2D eigenvalue weighted by molar-refractivity contribution is -0.140. The summed E-state index contributed by atoms with van der Waals surface area (Å²) >= 11 is 15.0. The largest absolute Gasteiger partial charge is 0.480 e. The van der Waals surface area contributed by atoms with Crippen LogP contribution in [0.1, 0.15) is 25.7 Å². The standard InChI is InChI=1S/2C10H17N3O6S.2C3H7NO2S/c2*11-5(10(18)19)1-2-7(14)13-6(4-20)9(17)12-3-8(15)16;2*4-2(1-7)3(5)6/h2*5-6,20H,1-4,11H2,(H,12,17)(H,13,14)(H,15,16)(H,18,19);2*2,7H,1,4H2,(H,5,6)/t2*5-,6-;2*2-/m0000/s1. The fourth-order valence-corrected chi connectivity index (χ4v) is 3.30. The number of nitrogens with one attached hydrogen (secondary N) is 4. The van der Waals surface area contributed by atoms with Crippen molar-refractivity contribution in [2.45, 2.75) is 61.9 Å². The highest BCUT2D eigenvalue weighted by atomic mass is 32.1. The molecule has 312 valence electrons. The number of hydrogen-bond acceptors (Lipinski definition) is 18. The minimum absolute atomic E-state index is 0.0256. The van der Waals surface area contributed by atoms with Crippen LogP contribution in [0.25, 0.3) is 0 Å². The Morgan fingerprint density at radius 2 is 0.704 bits per heavy atom. The molecule has 0 saturated heterocycles. The molecule has 0 radical (unpaired) electrons. The van der Waals surface area contributed by atoms with Gasteiger partial charge in [-0.05, 0) is 12.8 Å². The van der Waals surface area contributed by atoms with Crippen molar-refractivity contribution in [3.05, 3.63) is 0 Å². The molecule has 0 aromatic rings. The number of thiol groups is 4. The number of hydrogen-bond donors (Lipinski definition) is 18. The maximum Gasteiger partial charge on any atom is 0.322 e. The van der Waals surface area contributed by atoms with Crippen LogP contribution in [-0.4, -0.2) is 162 Å². The Hall–Kier alpha value is -4.06. The van der Waals surface area contributed by atoms with E-state index in [1.165, 1.54) is 0 Å². The summed E-state index contributed by atoms with van der Waals surface area (Å²) in [5, 5.41) is 58.7. The number of carbonyl (C=O) groups excluding carboxylic acids is 4.